The van der Waals surface area contributed by atoms with E-state index < -0.39 is 5.54 Å². The van der Waals surface area contributed by atoms with Crippen LogP contribution in [0.5, 0.6) is 0 Å². The summed E-state index contributed by atoms with van der Waals surface area (Å²) in [5, 5.41) is 6.07. The van der Waals surface area contributed by atoms with Crippen molar-refractivity contribution >= 4 is 11.8 Å². The van der Waals surface area contributed by atoms with E-state index in [-0.39, 0.29) is 24.3 Å². The Bertz CT molecular complexity index is 901. The molecule has 2 N–H and O–H groups in total. The number of benzene rings is 3. The van der Waals surface area contributed by atoms with Gasteiger partial charge in [-0.3, -0.25) is 9.59 Å². The van der Waals surface area contributed by atoms with Crippen LogP contribution in [-0.2, 0) is 10.3 Å². The minimum Gasteiger partial charge on any atom is -0.349 e. The molecule has 0 spiro atoms. The average Bonchev–Trinajstić information content (AvgIpc) is 2.75. The van der Waals surface area contributed by atoms with Gasteiger partial charge in [-0.15, -0.1) is 0 Å². The summed E-state index contributed by atoms with van der Waals surface area (Å²) < 4.78 is 0. The van der Waals surface area contributed by atoms with Gasteiger partial charge >= 0.3 is 0 Å². The fourth-order valence-electron chi connectivity index (χ4n) is 3.41. The summed E-state index contributed by atoms with van der Waals surface area (Å²) in [6.45, 7) is 3.84. The highest BCUT2D eigenvalue weighted by Crippen LogP contribution is 2.29. The first-order valence-corrected chi connectivity index (χ1v) is 9.77. The number of carbonyl (C=O) groups is 2. The third-order valence-corrected chi connectivity index (χ3v) is 5.00. The zero-order chi connectivity index (χ0) is 20.7. The lowest BCUT2D eigenvalue weighted by molar-refractivity contribution is -0.122. The lowest BCUT2D eigenvalue weighted by atomic mass is 9.84. The van der Waals surface area contributed by atoms with E-state index in [0.29, 0.717) is 5.56 Å². The topological polar surface area (TPSA) is 58.2 Å². The lowest BCUT2D eigenvalue weighted by Gasteiger charge is -2.32. The highest BCUT2D eigenvalue weighted by Gasteiger charge is 2.31. The second-order valence-corrected chi connectivity index (χ2v) is 7.35. The van der Waals surface area contributed by atoms with Gasteiger partial charge in [-0.2, -0.15) is 0 Å². The normalized spacial score (nSPS) is 12.1. The average molecular weight is 386 g/mol. The van der Waals surface area contributed by atoms with Gasteiger partial charge in [0.1, 0.15) is 0 Å². The maximum Gasteiger partial charge on any atom is 0.251 e. The van der Waals surface area contributed by atoms with E-state index in [0.717, 1.165) is 11.1 Å². The van der Waals surface area contributed by atoms with Crippen molar-refractivity contribution < 1.29 is 9.59 Å². The van der Waals surface area contributed by atoms with E-state index in [2.05, 4.69) is 10.6 Å². The molecule has 0 saturated heterocycles. The summed E-state index contributed by atoms with van der Waals surface area (Å²) in [7, 11) is 0. The molecular weight excluding hydrogens is 360 g/mol. The molecule has 0 aromatic heterocycles. The fraction of sp³-hybridized carbons (Fsp3) is 0.200. The van der Waals surface area contributed by atoms with Gasteiger partial charge in [0.15, 0.2) is 0 Å². The first-order chi connectivity index (χ1) is 14.0. The van der Waals surface area contributed by atoms with Crippen LogP contribution < -0.4 is 10.6 Å². The first kappa shape index (κ1) is 20.3. The minimum atomic E-state index is -0.664. The second kappa shape index (κ2) is 9.20. The van der Waals surface area contributed by atoms with Crippen LogP contribution in [-0.4, -0.2) is 17.9 Å². The van der Waals surface area contributed by atoms with Crippen LogP contribution in [0.2, 0.25) is 0 Å². The Kier molecular flexibility index (Phi) is 6.45. The molecule has 0 aliphatic rings. The molecule has 3 aromatic rings. The maximum atomic E-state index is 12.9. The van der Waals surface area contributed by atoms with Crippen molar-refractivity contribution in [2.75, 3.05) is 0 Å². The van der Waals surface area contributed by atoms with Crippen LogP contribution in [0.15, 0.2) is 91.0 Å². The van der Waals surface area contributed by atoms with Gasteiger partial charge in [-0.1, -0.05) is 78.9 Å². The van der Waals surface area contributed by atoms with Crippen molar-refractivity contribution in [3.05, 3.63) is 108 Å². The molecule has 0 bridgehead atoms. The van der Waals surface area contributed by atoms with Gasteiger partial charge in [0.25, 0.3) is 5.91 Å². The Hall–Kier alpha value is -3.40. The first-order valence-electron chi connectivity index (χ1n) is 9.77. The van der Waals surface area contributed by atoms with E-state index in [4.69, 9.17) is 0 Å². The van der Waals surface area contributed by atoms with Crippen molar-refractivity contribution in [1.82, 2.24) is 10.6 Å². The standard InChI is InChI=1S/C25H26N2O2/c1-19(26-24(29)20-12-6-3-7-13-20)18-23(28)27-25(2,21-14-8-4-9-15-21)22-16-10-5-11-17-22/h3-17,19H,18H2,1-2H3,(H,26,29)(H,27,28). The molecule has 0 fully saturated rings. The lowest BCUT2D eigenvalue weighted by Crippen LogP contribution is -2.46. The van der Waals surface area contributed by atoms with E-state index in [9.17, 15) is 9.59 Å². The van der Waals surface area contributed by atoms with E-state index >= 15 is 0 Å². The molecule has 29 heavy (non-hydrogen) atoms. The monoisotopic (exact) mass is 386 g/mol. The summed E-state index contributed by atoms with van der Waals surface area (Å²) in [4.78, 5) is 25.2. The Balaban J connectivity index is 1.71. The Morgan fingerprint density at radius 1 is 0.793 bits per heavy atom. The molecule has 2 amide bonds. The molecule has 0 aliphatic carbocycles. The predicted molar refractivity (Wildman–Crippen MR) is 115 cm³/mol. The SMILES string of the molecule is CC(CC(=O)NC(C)(c1ccccc1)c1ccccc1)NC(=O)c1ccccc1. The molecule has 0 aliphatic heterocycles. The molecule has 1 atom stereocenters. The van der Waals surface area contributed by atoms with Crippen LogP contribution in [0.25, 0.3) is 0 Å². The molecule has 148 valence electrons. The van der Waals surface area contributed by atoms with Gasteiger partial charge in [0, 0.05) is 18.0 Å². The Morgan fingerprint density at radius 2 is 1.24 bits per heavy atom. The number of hydrogen-bond donors (Lipinski definition) is 2. The van der Waals surface area contributed by atoms with Crippen LogP contribution in [0, 0.1) is 0 Å². The van der Waals surface area contributed by atoms with Crippen molar-refractivity contribution in [1.29, 1.82) is 0 Å². The molecule has 3 aromatic carbocycles. The highest BCUT2D eigenvalue weighted by atomic mass is 16.2. The van der Waals surface area contributed by atoms with Crippen LogP contribution in [0.4, 0.5) is 0 Å². The van der Waals surface area contributed by atoms with E-state index in [1.165, 1.54) is 0 Å². The molecular formula is C25H26N2O2. The quantitative estimate of drug-likeness (QED) is 0.637. The number of amides is 2. The van der Waals surface area contributed by atoms with Gasteiger partial charge in [-0.05, 0) is 37.1 Å². The summed E-state index contributed by atoms with van der Waals surface area (Å²) in [5.74, 6) is -0.305. The highest BCUT2D eigenvalue weighted by molar-refractivity contribution is 5.94. The van der Waals surface area contributed by atoms with Crippen molar-refractivity contribution in [3.8, 4) is 0 Å². The molecule has 3 rings (SSSR count). The number of carbonyl (C=O) groups excluding carboxylic acids is 2. The van der Waals surface area contributed by atoms with Gasteiger partial charge < -0.3 is 10.6 Å². The molecule has 0 radical (unpaired) electrons. The summed E-state index contributed by atoms with van der Waals surface area (Å²) in [6.07, 6.45) is 0.188. The van der Waals surface area contributed by atoms with Crippen molar-refractivity contribution in [2.45, 2.75) is 31.8 Å². The number of rotatable bonds is 7. The molecule has 0 heterocycles. The maximum absolute atomic E-state index is 12.9. The third-order valence-electron chi connectivity index (χ3n) is 5.00. The zero-order valence-electron chi connectivity index (χ0n) is 16.8. The molecule has 4 heteroatoms. The molecule has 0 saturated carbocycles. The van der Waals surface area contributed by atoms with Crippen molar-refractivity contribution in [2.24, 2.45) is 0 Å². The molecule has 1 unspecified atom stereocenters. The Morgan fingerprint density at radius 3 is 1.72 bits per heavy atom. The van der Waals surface area contributed by atoms with E-state index in [1.807, 2.05) is 92.7 Å². The van der Waals surface area contributed by atoms with Crippen molar-refractivity contribution in [3.63, 3.8) is 0 Å². The zero-order valence-corrected chi connectivity index (χ0v) is 16.8. The number of hydrogen-bond acceptors (Lipinski definition) is 2. The minimum absolute atomic E-state index is 0.124. The third kappa shape index (κ3) is 5.11. The summed E-state index contributed by atoms with van der Waals surface area (Å²) >= 11 is 0. The number of nitrogens with one attached hydrogen (secondary N) is 2. The summed E-state index contributed by atoms with van der Waals surface area (Å²) in [5.41, 5.74) is 1.92. The van der Waals surface area contributed by atoms with Gasteiger partial charge in [-0.25, -0.2) is 0 Å². The van der Waals surface area contributed by atoms with E-state index in [1.54, 1.807) is 12.1 Å². The van der Waals surface area contributed by atoms with Crippen LogP contribution in [0.3, 0.4) is 0 Å². The summed E-state index contributed by atoms with van der Waals surface area (Å²) in [6, 6.07) is 28.5. The smallest absolute Gasteiger partial charge is 0.251 e. The van der Waals surface area contributed by atoms with Gasteiger partial charge in [0.2, 0.25) is 5.91 Å². The molecule has 4 nitrogen and oxygen atoms in total. The second-order valence-electron chi connectivity index (χ2n) is 7.35. The van der Waals surface area contributed by atoms with Crippen LogP contribution >= 0.6 is 0 Å². The Labute approximate surface area is 172 Å². The van der Waals surface area contributed by atoms with Crippen LogP contribution in [0.1, 0.15) is 41.8 Å². The fourth-order valence-corrected chi connectivity index (χ4v) is 3.41. The predicted octanol–water partition coefficient (Wildman–Crippen LogP) is 4.27. The largest absolute Gasteiger partial charge is 0.349 e. The van der Waals surface area contributed by atoms with Gasteiger partial charge in [0.05, 0.1) is 5.54 Å².